The Balaban J connectivity index is 0.00000289. The van der Waals surface area contributed by atoms with E-state index in [1.165, 1.54) is 0 Å². The minimum absolute atomic E-state index is 0. The molecule has 1 aromatic carbocycles. The number of rotatable bonds is 5. The van der Waals surface area contributed by atoms with E-state index >= 15 is 0 Å². The zero-order chi connectivity index (χ0) is 12.7. The minimum atomic E-state index is -0.421. The molecule has 0 saturated carbocycles. The zero-order valence-electron chi connectivity index (χ0n) is 10.9. The highest BCUT2D eigenvalue weighted by molar-refractivity contribution is 5.90. The lowest BCUT2D eigenvalue weighted by molar-refractivity contribution is 0.0515. The van der Waals surface area contributed by atoms with Crippen LogP contribution in [0.5, 0.6) is 0 Å². The molecule has 0 fully saturated rings. The van der Waals surface area contributed by atoms with Gasteiger partial charge >= 0.3 is 5.97 Å². The van der Waals surface area contributed by atoms with Gasteiger partial charge < -0.3 is 9.74 Å². The average molecular weight is 271 g/mol. The van der Waals surface area contributed by atoms with Crippen LogP contribution in [-0.4, -0.2) is 37.2 Å². The Morgan fingerprint density at radius 1 is 1.28 bits per heavy atom. The number of hydrogen-bond acceptors (Lipinski definition) is 4. The van der Waals surface area contributed by atoms with Crippen LogP contribution >= 0.6 is 12.4 Å². The molecule has 0 heterocycles. The Morgan fingerprint density at radius 3 is 2.44 bits per heavy atom. The van der Waals surface area contributed by atoms with Crippen molar-refractivity contribution < 1.29 is 9.63 Å². The molecule has 0 aliphatic heterocycles. The number of carbonyl (C=O) groups excluding carboxylic acids is 1. The number of hydrogen-bond donors (Lipinski definition) is 0. The molecule has 0 N–H and O–H groups in total. The first kappa shape index (κ1) is 16.6. The van der Waals surface area contributed by atoms with Gasteiger partial charge in [-0.1, -0.05) is 23.4 Å². The van der Waals surface area contributed by atoms with Crippen molar-refractivity contribution in [2.24, 2.45) is 5.16 Å². The summed E-state index contributed by atoms with van der Waals surface area (Å²) >= 11 is 0. The van der Waals surface area contributed by atoms with E-state index in [0.29, 0.717) is 5.56 Å². The molecule has 5 heteroatoms. The van der Waals surface area contributed by atoms with Gasteiger partial charge in [0.25, 0.3) is 0 Å². The average Bonchev–Trinajstić information content (AvgIpc) is 2.34. The zero-order valence-corrected chi connectivity index (χ0v) is 11.7. The first-order valence-electron chi connectivity index (χ1n) is 5.54. The molecule has 4 nitrogen and oxygen atoms in total. The summed E-state index contributed by atoms with van der Waals surface area (Å²) in [6, 6.07) is 8.83. The second kappa shape index (κ2) is 8.66. The van der Waals surface area contributed by atoms with E-state index < -0.39 is 5.97 Å². The number of oxime groups is 1. The summed E-state index contributed by atoms with van der Waals surface area (Å²) in [4.78, 5) is 18.5. The summed E-state index contributed by atoms with van der Waals surface area (Å²) in [5.41, 5.74) is 1.32. The van der Waals surface area contributed by atoms with Crippen LogP contribution in [-0.2, 0) is 4.84 Å². The van der Waals surface area contributed by atoms with Crippen LogP contribution < -0.4 is 0 Å². The van der Waals surface area contributed by atoms with Gasteiger partial charge in [0.1, 0.15) is 0 Å². The smallest absolute Gasteiger partial charge is 0.313 e. The monoisotopic (exact) mass is 270 g/mol. The standard InChI is InChI=1S/C13H18N2O2.ClH/c1-11(9-10-15(2)3)14-17-13(16)12-7-5-4-6-8-12;/h4-8H,9-10H2,1-3H3;1H. The molecular weight excluding hydrogens is 252 g/mol. The van der Waals surface area contributed by atoms with Gasteiger partial charge in [0, 0.05) is 13.0 Å². The first-order chi connectivity index (χ1) is 8.09. The summed E-state index contributed by atoms with van der Waals surface area (Å²) in [6.45, 7) is 2.74. The Bertz CT molecular complexity index is 391. The van der Waals surface area contributed by atoms with Gasteiger partial charge in [-0.2, -0.15) is 0 Å². The topological polar surface area (TPSA) is 41.9 Å². The molecule has 0 aromatic heterocycles. The molecule has 100 valence electrons. The van der Waals surface area contributed by atoms with E-state index in [-0.39, 0.29) is 12.4 Å². The van der Waals surface area contributed by atoms with Crippen molar-refractivity contribution in [3.63, 3.8) is 0 Å². The van der Waals surface area contributed by atoms with Crippen LogP contribution in [0.25, 0.3) is 0 Å². The minimum Gasteiger partial charge on any atom is -0.313 e. The van der Waals surface area contributed by atoms with E-state index in [1.807, 2.05) is 27.1 Å². The van der Waals surface area contributed by atoms with Gasteiger partial charge in [0.05, 0.1) is 11.3 Å². The lowest BCUT2D eigenvalue weighted by Crippen LogP contribution is -2.15. The lowest BCUT2D eigenvalue weighted by atomic mass is 10.2. The van der Waals surface area contributed by atoms with Crippen LogP contribution in [0.15, 0.2) is 35.5 Å². The molecule has 0 spiro atoms. The predicted octanol–water partition coefficient (Wildman–Crippen LogP) is 2.59. The van der Waals surface area contributed by atoms with Crippen LogP contribution in [0, 0.1) is 0 Å². The maximum absolute atomic E-state index is 11.5. The lowest BCUT2D eigenvalue weighted by Gasteiger charge is -2.07. The van der Waals surface area contributed by atoms with E-state index in [4.69, 9.17) is 4.84 Å². The number of nitrogens with zero attached hydrogens (tertiary/aromatic N) is 2. The van der Waals surface area contributed by atoms with Crippen LogP contribution in [0.2, 0.25) is 0 Å². The highest BCUT2D eigenvalue weighted by Crippen LogP contribution is 2.01. The van der Waals surface area contributed by atoms with Crippen molar-refractivity contribution in [3.05, 3.63) is 35.9 Å². The van der Waals surface area contributed by atoms with Crippen molar-refractivity contribution in [2.45, 2.75) is 13.3 Å². The quantitative estimate of drug-likeness (QED) is 0.469. The van der Waals surface area contributed by atoms with E-state index in [1.54, 1.807) is 24.3 Å². The molecule has 1 rings (SSSR count). The van der Waals surface area contributed by atoms with Crippen molar-refractivity contribution in [3.8, 4) is 0 Å². The number of halogens is 1. The van der Waals surface area contributed by atoms with Gasteiger partial charge in [-0.25, -0.2) is 4.79 Å². The van der Waals surface area contributed by atoms with Gasteiger partial charge in [-0.15, -0.1) is 12.4 Å². The highest BCUT2D eigenvalue weighted by Gasteiger charge is 2.05. The van der Waals surface area contributed by atoms with Crippen LogP contribution in [0.3, 0.4) is 0 Å². The molecule has 0 amide bonds. The van der Waals surface area contributed by atoms with Gasteiger partial charge in [-0.3, -0.25) is 0 Å². The Hall–Kier alpha value is -1.39. The molecule has 0 saturated heterocycles. The van der Waals surface area contributed by atoms with Crippen molar-refractivity contribution in [1.29, 1.82) is 0 Å². The molecule has 0 aliphatic carbocycles. The van der Waals surface area contributed by atoms with Gasteiger partial charge in [0.2, 0.25) is 0 Å². The molecule has 0 unspecified atom stereocenters. The molecular formula is C13H19ClN2O2. The Labute approximate surface area is 114 Å². The molecule has 0 bridgehead atoms. The molecule has 0 aliphatic rings. The number of carbonyl (C=O) groups is 1. The Morgan fingerprint density at radius 2 is 1.89 bits per heavy atom. The maximum atomic E-state index is 11.5. The fourth-order valence-electron chi connectivity index (χ4n) is 1.18. The Kier molecular flexibility index (Phi) is 8.00. The van der Waals surface area contributed by atoms with E-state index in [0.717, 1.165) is 18.7 Å². The van der Waals surface area contributed by atoms with Gasteiger partial charge in [-0.05, 0) is 33.2 Å². The largest absolute Gasteiger partial charge is 0.365 e. The molecule has 18 heavy (non-hydrogen) atoms. The summed E-state index contributed by atoms with van der Waals surface area (Å²) in [6.07, 6.45) is 0.787. The van der Waals surface area contributed by atoms with Crippen molar-refractivity contribution in [2.75, 3.05) is 20.6 Å². The second-order valence-electron chi connectivity index (χ2n) is 4.12. The van der Waals surface area contributed by atoms with Crippen LogP contribution in [0.1, 0.15) is 23.7 Å². The van der Waals surface area contributed by atoms with E-state index in [2.05, 4.69) is 10.1 Å². The predicted molar refractivity (Wildman–Crippen MR) is 75.4 cm³/mol. The van der Waals surface area contributed by atoms with E-state index in [9.17, 15) is 4.79 Å². The SMILES string of the molecule is CC(CCN(C)C)=NOC(=O)c1ccccc1.Cl. The van der Waals surface area contributed by atoms with Crippen molar-refractivity contribution in [1.82, 2.24) is 4.90 Å². The normalized spacial score (nSPS) is 11.0. The summed E-state index contributed by atoms with van der Waals surface area (Å²) in [5.74, 6) is -0.421. The van der Waals surface area contributed by atoms with Gasteiger partial charge in [0.15, 0.2) is 0 Å². The highest BCUT2D eigenvalue weighted by atomic mass is 35.5. The fourth-order valence-corrected chi connectivity index (χ4v) is 1.18. The fraction of sp³-hybridized carbons (Fsp3) is 0.385. The third kappa shape index (κ3) is 6.37. The third-order valence-electron chi connectivity index (χ3n) is 2.21. The first-order valence-corrected chi connectivity index (χ1v) is 5.54. The molecule has 1 aromatic rings. The maximum Gasteiger partial charge on any atom is 0.365 e. The second-order valence-corrected chi connectivity index (χ2v) is 4.12. The number of benzene rings is 1. The summed E-state index contributed by atoms with van der Waals surface area (Å²) in [5, 5.41) is 3.81. The molecule has 0 atom stereocenters. The molecule has 0 radical (unpaired) electrons. The third-order valence-corrected chi connectivity index (χ3v) is 2.21. The summed E-state index contributed by atoms with van der Waals surface area (Å²) < 4.78 is 0. The van der Waals surface area contributed by atoms with Crippen molar-refractivity contribution >= 4 is 24.1 Å². The summed E-state index contributed by atoms with van der Waals surface area (Å²) in [7, 11) is 3.98. The van der Waals surface area contributed by atoms with Crippen LogP contribution in [0.4, 0.5) is 0 Å².